The number of hydrogen-bond donors (Lipinski definition) is 1. The van der Waals surface area contributed by atoms with E-state index in [-0.39, 0.29) is 18.0 Å². The number of esters is 1. The number of ether oxygens (including phenoxy) is 1. The molecule has 1 heterocycles. The zero-order valence-corrected chi connectivity index (χ0v) is 17.8. The highest BCUT2D eigenvalue weighted by atomic mass is 16.6. The molecular weight excluding hydrogens is 398 g/mol. The highest BCUT2D eigenvalue weighted by molar-refractivity contribution is 5.89. The molecule has 2 aromatic rings. The normalized spacial score (nSPS) is 14.6. The Labute approximate surface area is 181 Å². The minimum Gasteiger partial charge on any atom is -0.465 e. The van der Waals surface area contributed by atoms with Crippen molar-refractivity contribution in [1.29, 1.82) is 0 Å². The van der Waals surface area contributed by atoms with Gasteiger partial charge in [-0.2, -0.15) is 0 Å². The molecule has 164 valence electrons. The van der Waals surface area contributed by atoms with Crippen LogP contribution in [0.15, 0.2) is 42.5 Å². The molecule has 8 nitrogen and oxygen atoms in total. The number of piperidine rings is 1. The van der Waals surface area contributed by atoms with Crippen LogP contribution in [0.2, 0.25) is 0 Å². The molecule has 1 aliphatic heterocycles. The lowest BCUT2D eigenvalue weighted by Crippen LogP contribution is -2.33. The van der Waals surface area contributed by atoms with Gasteiger partial charge < -0.3 is 15.0 Å². The molecule has 2 aromatic carbocycles. The summed E-state index contributed by atoms with van der Waals surface area (Å²) < 4.78 is 4.68. The molecule has 1 saturated heterocycles. The molecule has 0 radical (unpaired) electrons. The number of non-ortho nitro benzene ring substituents is 1. The van der Waals surface area contributed by atoms with Gasteiger partial charge in [0.1, 0.15) is 0 Å². The first kappa shape index (κ1) is 22.3. The number of amides is 1. The summed E-state index contributed by atoms with van der Waals surface area (Å²) in [6.45, 7) is 3.64. The van der Waals surface area contributed by atoms with Gasteiger partial charge in [0, 0.05) is 36.5 Å². The summed E-state index contributed by atoms with van der Waals surface area (Å²) in [5, 5.41) is 14.3. The van der Waals surface area contributed by atoms with Crippen molar-refractivity contribution in [2.45, 2.75) is 38.6 Å². The topological polar surface area (TPSA) is 102 Å². The van der Waals surface area contributed by atoms with E-state index in [2.05, 4.69) is 15.0 Å². The zero-order valence-electron chi connectivity index (χ0n) is 17.8. The van der Waals surface area contributed by atoms with E-state index in [9.17, 15) is 19.7 Å². The average molecular weight is 425 g/mol. The molecule has 8 heteroatoms. The van der Waals surface area contributed by atoms with Crippen molar-refractivity contribution in [2.75, 3.05) is 25.1 Å². The molecule has 1 N–H and O–H groups in total. The number of benzene rings is 2. The highest BCUT2D eigenvalue weighted by Gasteiger charge is 2.22. The zero-order chi connectivity index (χ0) is 22.4. The van der Waals surface area contributed by atoms with Crippen LogP contribution in [0.5, 0.6) is 0 Å². The maximum atomic E-state index is 12.6. The summed E-state index contributed by atoms with van der Waals surface area (Å²) in [6.07, 6.45) is 3.48. The molecule has 1 atom stereocenters. The van der Waals surface area contributed by atoms with Gasteiger partial charge in [0.05, 0.1) is 30.1 Å². The van der Waals surface area contributed by atoms with E-state index in [1.54, 1.807) is 36.4 Å². The fraction of sp³-hybridized carbons (Fsp3) is 0.391. The van der Waals surface area contributed by atoms with Crippen LogP contribution in [0.25, 0.3) is 0 Å². The number of carbonyl (C=O) groups is 2. The summed E-state index contributed by atoms with van der Waals surface area (Å²) in [5.74, 6) is -0.630. The largest absolute Gasteiger partial charge is 0.465 e. The monoisotopic (exact) mass is 425 g/mol. The van der Waals surface area contributed by atoms with Crippen molar-refractivity contribution < 1.29 is 19.2 Å². The van der Waals surface area contributed by atoms with Gasteiger partial charge in [-0.15, -0.1) is 0 Å². The molecule has 3 rings (SSSR count). The van der Waals surface area contributed by atoms with Gasteiger partial charge in [-0.05, 0) is 49.9 Å². The standard InChI is InChI=1S/C23H27N3O5/c1-16(24-22(27)14-17-6-8-18(9-7-17)23(28)31-2)20-15-19(26(29)30)10-11-21(20)25-12-4-3-5-13-25/h6-11,15-16H,3-5,12-14H2,1-2H3,(H,24,27). The smallest absolute Gasteiger partial charge is 0.337 e. The van der Waals surface area contributed by atoms with Crippen molar-refractivity contribution in [3.63, 3.8) is 0 Å². The van der Waals surface area contributed by atoms with Gasteiger partial charge in [-0.25, -0.2) is 4.79 Å². The van der Waals surface area contributed by atoms with Crippen molar-refractivity contribution in [2.24, 2.45) is 0 Å². The molecule has 0 aromatic heterocycles. The van der Waals surface area contributed by atoms with Crippen LogP contribution in [-0.2, 0) is 16.0 Å². The predicted molar refractivity (Wildman–Crippen MR) is 117 cm³/mol. The van der Waals surface area contributed by atoms with Gasteiger partial charge in [-0.3, -0.25) is 14.9 Å². The Morgan fingerprint density at radius 3 is 2.42 bits per heavy atom. The molecule has 1 fully saturated rings. The van der Waals surface area contributed by atoms with Crippen LogP contribution in [0.1, 0.15) is 53.7 Å². The first-order valence-corrected chi connectivity index (χ1v) is 10.4. The summed E-state index contributed by atoms with van der Waals surface area (Å²) in [5.41, 5.74) is 2.86. The Balaban J connectivity index is 1.74. The maximum Gasteiger partial charge on any atom is 0.337 e. The van der Waals surface area contributed by atoms with Crippen molar-refractivity contribution >= 4 is 23.3 Å². The number of nitro groups is 1. The lowest BCUT2D eigenvalue weighted by Gasteiger charge is -2.32. The van der Waals surface area contributed by atoms with E-state index >= 15 is 0 Å². The third-order valence-electron chi connectivity index (χ3n) is 5.50. The Bertz CT molecular complexity index is 952. The average Bonchev–Trinajstić information content (AvgIpc) is 2.79. The Hall–Kier alpha value is -3.42. The number of nitrogens with one attached hydrogen (secondary N) is 1. The lowest BCUT2D eigenvalue weighted by molar-refractivity contribution is -0.384. The van der Waals surface area contributed by atoms with Gasteiger partial charge in [-0.1, -0.05) is 12.1 Å². The van der Waals surface area contributed by atoms with E-state index in [1.165, 1.54) is 19.6 Å². The number of nitrogens with zero attached hydrogens (tertiary/aromatic N) is 2. The Morgan fingerprint density at radius 2 is 1.81 bits per heavy atom. The summed E-state index contributed by atoms with van der Waals surface area (Å²) in [7, 11) is 1.32. The molecule has 0 bridgehead atoms. The summed E-state index contributed by atoms with van der Waals surface area (Å²) >= 11 is 0. The second-order valence-electron chi connectivity index (χ2n) is 7.70. The molecule has 1 unspecified atom stereocenters. The van der Waals surface area contributed by atoms with Crippen molar-refractivity contribution in [3.8, 4) is 0 Å². The van der Waals surface area contributed by atoms with Crippen LogP contribution in [-0.4, -0.2) is 37.0 Å². The quantitative estimate of drug-likeness (QED) is 0.411. The highest BCUT2D eigenvalue weighted by Crippen LogP contribution is 2.32. The van der Waals surface area contributed by atoms with E-state index in [0.717, 1.165) is 42.7 Å². The Kier molecular flexibility index (Phi) is 7.23. The second kappa shape index (κ2) is 10.1. The minimum atomic E-state index is -0.430. The van der Waals surface area contributed by atoms with Crippen LogP contribution in [0.4, 0.5) is 11.4 Å². The fourth-order valence-corrected chi connectivity index (χ4v) is 3.86. The third kappa shape index (κ3) is 5.59. The van der Waals surface area contributed by atoms with Crippen LogP contribution >= 0.6 is 0 Å². The van der Waals surface area contributed by atoms with E-state index in [0.29, 0.717) is 5.56 Å². The molecule has 0 saturated carbocycles. The molecular formula is C23H27N3O5. The SMILES string of the molecule is COC(=O)c1ccc(CC(=O)NC(C)c2cc([N+](=O)[O-])ccc2N2CCCCC2)cc1. The lowest BCUT2D eigenvalue weighted by atomic mass is 10.0. The molecule has 31 heavy (non-hydrogen) atoms. The second-order valence-corrected chi connectivity index (χ2v) is 7.70. The van der Waals surface area contributed by atoms with E-state index in [1.807, 2.05) is 6.92 Å². The third-order valence-corrected chi connectivity index (χ3v) is 5.50. The van der Waals surface area contributed by atoms with Crippen LogP contribution in [0.3, 0.4) is 0 Å². The van der Waals surface area contributed by atoms with Crippen molar-refractivity contribution in [3.05, 3.63) is 69.3 Å². The van der Waals surface area contributed by atoms with Gasteiger partial charge in [0.2, 0.25) is 5.91 Å². The maximum absolute atomic E-state index is 12.6. The number of nitro benzene ring substituents is 1. The fourth-order valence-electron chi connectivity index (χ4n) is 3.86. The van der Waals surface area contributed by atoms with Crippen molar-refractivity contribution in [1.82, 2.24) is 5.32 Å². The minimum absolute atomic E-state index is 0.00950. The van der Waals surface area contributed by atoms with Gasteiger partial charge >= 0.3 is 5.97 Å². The number of methoxy groups -OCH3 is 1. The first-order chi connectivity index (χ1) is 14.9. The Morgan fingerprint density at radius 1 is 1.13 bits per heavy atom. The molecule has 1 amide bonds. The number of rotatable bonds is 7. The van der Waals surface area contributed by atoms with E-state index in [4.69, 9.17) is 0 Å². The number of hydrogen-bond acceptors (Lipinski definition) is 6. The summed E-state index contributed by atoms with van der Waals surface area (Å²) in [4.78, 5) is 37.3. The number of anilines is 1. The molecule has 0 aliphatic carbocycles. The molecule has 0 spiro atoms. The van der Waals surface area contributed by atoms with Crippen LogP contribution < -0.4 is 10.2 Å². The van der Waals surface area contributed by atoms with E-state index < -0.39 is 16.9 Å². The summed E-state index contributed by atoms with van der Waals surface area (Å²) in [6, 6.07) is 11.1. The predicted octanol–water partition coefficient (Wildman–Crippen LogP) is 3.79. The number of carbonyl (C=O) groups excluding carboxylic acids is 2. The van der Waals surface area contributed by atoms with Gasteiger partial charge in [0.25, 0.3) is 5.69 Å². The molecule has 1 aliphatic rings. The van der Waals surface area contributed by atoms with Crippen LogP contribution in [0, 0.1) is 10.1 Å². The first-order valence-electron chi connectivity index (χ1n) is 10.4. The van der Waals surface area contributed by atoms with Gasteiger partial charge in [0.15, 0.2) is 0 Å².